The highest BCUT2D eigenvalue weighted by Gasteiger charge is 2.21. The zero-order valence-corrected chi connectivity index (χ0v) is 18.7. The number of rotatable bonds is 8. The lowest BCUT2D eigenvalue weighted by molar-refractivity contribution is -0.120. The maximum absolute atomic E-state index is 12.5. The van der Waals surface area contributed by atoms with Crippen LogP contribution in [0.25, 0.3) is 11.0 Å². The first kappa shape index (κ1) is 22.1. The molecule has 3 aromatic rings. The summed E-state index contributed by atoms with van der Waals surface area (Å²) in [7, 11) is -3.48. The number of sulfonamides is 1. The molecule has 0 aliphatic heterocycles. The van der Waals surface area contributed by atoms with Gasteiger partial charge in [-0.2, -0.15) is 4.31 Å². The number of amides is 1. The van der Waals surface area contributed by atoms with Gasteiger partial charge in [0.05, 0.1) is 17.6 Å². The van der Waals surface area contributed by atoms with Gasteiger partial charge in [0.25, 0.3) is 0 Å². The van der Waals surface area contributed by atoms with Gasteiger partial charge in [-0.3, -0.25) is 4.79 Å². The lowest BCUT2D eigenvalue weighted by Gasteiger charge is -2.18. The monoisotopic (exact) mass is 428 g/mol. The number of nitrogens with zero attached hydrogens (tertiary/aromatic N) is 1. The van der Waals surface area contributed by atoms with Crippen molar-refractivity contribution in [3.63, 3.8) is 0 Å². The summed E-state index contributed by atoms with van der Waals surface area (Å²) in [5.41, 5.74) is 4.78. The predicted octanol–water partition coefficient (Wildman–Crippen LogP) is 3.94. The van der Waals surface area contributed by atoms with Crippen LogP contribution >= 0.6 is 0 Å². The van der Waals surface area contributed by atoms with Crippen molar-refractivity contribution < 1.29 is 17.6 Å². The lowest BCUT2D eigenvalue weighted by atomic mass is 10.0. The Morgan fingerprint density at radius 3 is 2.30 bits per heavy atom. The largest absolute Gasteiger partial charge is 0.464 e. The highest BCUT2D eigenvalue weighted by atomic mass is 32.2. The average molecular weight is 429 g/mol. The van der Waals surface area contributed by atoms with Crippen LogP contribution in [-0.2, 0) is 27.8 Å². The van der Waals surface area contributed by atoms with Crippen molar-refractivity contribution in [3.05, 3.63) is 64.9 Å². The van der Waals surface area contributed by atoms with Crippen molar-refractivity contribution in [2.45, 2.75) is 45.6 Å². The molecule has 1 amide bonds. The molecule has 0 aliphatic rings. The van der Waals surface area contributed by atoms with E-state index < -0.39 is 10.0 Å². The summed E-state index contributed by atoms with van der Waals surface area (Å²) in [5, 5.41) is 3.85. The van der Waals surface area contributed by atoms with E-state index in [1.807, 2.05) is 39.8 Å². The normalized spacial score (nSPS) is 11.9. The molecule has 160 valence electrons. The van der Waals surface area contributed by atoms with E-state index in [1.54, 1.807) is 30.5 Å². The van der Waals surface area contributed by atoms with E-state index in [9.17, 15) is 13.2 Å². The van der Waals surface area contributed by atoms with E-state index in [4.69, 9.17) is 4.42 Å². The predicted molar refractivity (Wildman–Crippen MR) is 118 cm³/mol. The summed E-state index contributed by atoms with van der Waals surface area (Å²) >= 11 is 0. The van der Waals surface area contributed by atoms with Gasteiger partial charge >= 0.3 is 0 Å². The van der Waals surface area contributed by atoms with Gasteiger partial charge in [0, 0.05) is 30.6 Å². The summed E-state index contributed by atoms with van der Waals surface area (Å²) in [4.78, 5) is 12.7. The zero-order valence-electron chi connectivity index (χ0n) is 17.9. The Morgan fingerprint density at radius 1 is 1.03 bits per heavy atom. The molecule has 1 aromatic heterocycles. The number of fused-ring (bicyclic) bond motifs is 1. The van der Waals surface area contributed by atoms with Crippen LogP contribution in [0.3, 0.4) is 0 Å². The fraction of sp³-hybridized carbons (Fsp3) is 0.348. The molecule has 7 heteroatoms. The van der Waals surface area contributed by atoms with E-state index in [-0.39, 0.29) is 17.2 Å². The Labute approximate surface area is 177 Å². The van der Waals surface area contributed by atoms with E-state index in [0.717, 1.165) is 33.2 Å². The third kappa shape index (κ3) is 4.57. The fourth-order valence-corrected chi connectivity index (χ4v) is 4.86. The van der Waals surface area contributed by atoms with Crippen LogP contribution in [0.2, 0.25) is 0 Å². The van der Waals surface area contributed by atoms with Crippen LogP contribution in [0.4, 0.5) is 0 Å². The minimum Gasteiger partial charge on any atom is -0.464 e. The average Bonchev–Trinajstić information content (AvgIpc) is 3.09. The molecule has 0 radical (unpaired) electrons. The van der Waals surface area contributed by atoms with E-state index in [1.165, 1.54) is 4.31 Å². The number of hydrogen-bond donors (Lipinski definition) is 1. The molecular weight excluding hydrogens is 400 g/mol. The van der Waals surface area contributed by atoms with Crippen molar-refractivity contribution in [1.82, 2.24) is 9.62 Å². The second-order valence-corrected chi connectivity index (χ2v) is 9.32. The number of aryl methyl sites for hydroxylation is 2. The number of hydrogen-bond acceptors (Lipinski definition) is 4. The van der Waals surface area contributed by atoms with Crippen LogP contribution in [-0.4, -0.2) is 31.7 Å². The standard InChI is InChI=1S/C23H28N2O4S/c1-5-25(6-2)30(27,28)20-9-7-18(8-10-20)14-24-23(26)13-19-15-29-22-12-17(4)16(3)11-21(19)22/h7-12,15H,5-6,13-14H2,1-4H3,(H,24,26). The zero-order chi connectivity index (χ0) is 21.9. The third-order valence-electron chi connectivity index (χ3n) is 5.38. The first-order valence-electron chi connectivity index (χ1n) is 10.1. The Balaban J connectivity index is 1.63. The number of furan rings is 1. The quantitative estimate of drug-likeness (QED) is 0.589. The Hall–Kier alpha value is -2.64. The second-order valence-electron chi connectivity index (χ2n) is 7.38. The van der Waals surface area contributed by atoms with Gasteiger partial charge in [0.2, 0.25) is 15.9 Å². The van der Waals surface area contributed by atoms with E-state index in [0.29, 0.717) is 19.6 Å². The fourth-order valence-electron chi connectivity index (χ4n) is 3.40. The molecule has 6 nitrogen and oxygen atoms in total. The van der Waals surface area contributed by atoms with Gasteiger partial charge < -0.3 is 9.73 Å². The van der Waals surface area contributed by atoms with E-state index in [2.05, 4.69) is 5.32 Å². The second kappa shape index (κ2) is 9.02. The Morgan fingerprint density at radius 2 is 1.67 bits per heavy atom. The summed E-state index contributed by atoms with van der Waals surface area (Å²) in [6.07, 6.45) is 1.86. The van der Waals surface area contributed by atoms with Crippen molar-refractivity contribution in [3.8, 4) is 0 Å². The van der Waals surface area contributed by atoms with Crippen LogP contribution < -0.4 is 5.32 Å². The highest BCUT2D eigenvalue weighted by molar-refractivity contribution is 7.89. The SMILES string of the molecule is CCN(CC)S(=O)(=O)c1ccc(CNC(=O)Cc2coc3cc(C)c(C)cc23)cc1. The maximum atomic E-state index is 12.5. The first-order chi connectivity index (χ1) is 14.3. The minimum absolute atomic E-state index is 0.115. The molecule has 0 saturated heterocycles. The van der Waals surface area contributed by atoms with Crippen LogP contribution in [0.15, 0.2) is 52.0 Å². The van der Waals surface area contributed by atoms with Crippen LogP contribution in [0.5, 0.6) is 0 Å². The van der Waals surface area contributed by atoms with Crippen molar-refractivity contribution >= 4 is 26.9 Å². The number of benzene rings is 2. The number of carbonyl (C=O) groups is 1. The molecule has 1 N–H and O–H groups in total. The summed E-state index contributed by atoms with van der Waals surface area (Å²) < 4.78 is 32.1. The third-order valence-corrected chi connectivity index (χ3v) is 7.44. The number of nitrogens with one attached hydrogen (secondary N) is 1. The molecular formula is C23H28N2O4S. The molecule has 0 atom stereocenters. The summed E-state index contributed by atoms with van der Waals surface area (Å²) in [5.74, 6) is -0.115. The maximum Gasteiger partial charge on any atom is 0.243 e. The smallest absolute Gasteiger partial charge is 0.243 e. The number of carbonyl (C=O) groups excluding carboxylic acids is 1. The molecule has 30 heavy (non-hydrogen) atoms. The van der Waals surface area contributed by atoms with Gasteiger partial charge in [-0.25, -0.2) is 8.42 Å². The van der Waals surface area contributed by atoms with Crippen molar-refractivity contribution in [2.75, 3.05) is 13.1 Å². The molecule has 0 unspecified atom stereocenters. The highest BCUT2D eigenvalue weighted by Crippen LogP contribution is 2.25. The van der Waals surface area contributed by atoms with Gasteiger partial charge in [0.1, 0.15) is 5.58 Å². The molecule has 2 aromatic carbocycles. The molecule has 0 spiro atoms. The molecule has 0 fully saturated rings. The van der Waals surface area contributed by atoms with Crippen molar-refractivity contribution in [1.29, 1.82) is 0 Å². The summed E-state index contributed by atoms with van der Waals surface area (Å²) in [6.45, 7) is 8.89. The van der Waals surface area contributed by atoms with Gasteiger partial charge in [0.15, 0.2) is 0 Å². The first-order valence-corrected chi connectivity index (χ1v) is 11.5. The Kier molecular flexibility index (Phi) is 6.63. The summed E-state index contributed by atoms with van der Waals surface area (Å²) in [6, 6.07) is 10.7. The van der Waals surface area contributed by atoms with Gasteiger partial charge in [-0.15, -0.1) is 0 Å². The Bertz CT molecular complexity index is 1140. The molecule has 3 rings (SSSR count). The van der Waals surface area contributed by atoms with Crippen LogP contribution in [0, 0.1) is 13.8 Å². The van der Waals surface area contributed by atoms with Gasteiger partial charge in [-0.05, 0) is 54.8 Å². The minimum atomic E-state index is -3.48. The van der Waals surface area contributed by atoms with Crippen LogP contribution in [0.1, 0.15) is 36.1 Å². The van der Waals surface area contributed by atoms with E-state index >= 15 is 0 Å². The molecule has 0 bridgehead atoms. The lowest BCUT2D eigenvalue weighted by Crippen LogP contribution is -2.30. The van der Waals surface area contributed by atoms with Crippen molar-refractivity contribution in [2.24, 2.45) is 0 Å². The van der Waals surface area contributed by atoms with Gasteiger partial charge in [-0.1, -0.05) is 26.0 Å². The molecule has 1 heterocycles. The topological polar surface area (TPSA) is 79.6 Å². The molecule has 0 aliphatic carbocycles. The molecule has 0 saturated carbocycles.